The lowest BCUT2D eigenvalue weighted by Crippen LogP contribution is -2.32. The van der Waals surface area contributed by atoms with Crippen LogP contribution in [0.2, 0.25) is 5.02 Å². The number of halogens is 1. The summed E-state index contributed by atoms with van der Waals surface area (Å²) < 4.78 is 5.76. The standard InChI is InChI=1S/C20H22ClN3O2/c21-18-11-14(1-2-19(18)26-17-3-7-22-8-4-17)20(25)24-9-5-15-12-23-13-16(15)6-10-24/h1-4,7-8,11,15-16,23H,5-6,9-10,12-13H2/t15-,16+. The molecule has 2 fully saturated rings. The maximum Gasteiger partial charge on any atom is 0.253 e. The molecule has 26 heavy (non-hydrogen) atoms. The van der Waals surface area contributed by atoms with E-state index in [0.717, 1.165) is 39.0 Å². The lowest BCUT2D eigenvalue weighted by molar-refractivity contribution is 0.0758. The predicted molar refractivity (Wildman–Crippen MR) is 101 cm³/mol. The minimum Gasteiger partial charge on any atom is -0.456 e. The van der Waals surface area contributed by atoms with Crippen molar-refractivity contribution in [3.63, 3.8) is 0 Å². The number of hydrogen-bond acceptors (Lipinski definition) is 4. The Labute approximate surface area is 158 Å². The number of aromatic nitrogens is 1. The van der Waals surface area contributed by atoms with Gasteiger partial charge in [-0.25, -0.2) is 0 Å². The lowest BCUT2D eigenvalue weighted by atomic mass is 9.92. The summed E-state index contributed by atoms with van der Waals surface area (Å²) in [4.78, 5) is 18.8. The van der Waals surface area contributed by atoms with Crippen molar-refractivity contribution < 1.29 is 9.53 Å². The topological polar surface area (TPSA) is 54.5 Å². The fourth-order valence-electron chi connectivity index (χ4n) is 3.85. The summed E-state index contributed by atoms with van der Waals surface area (Å²) in [5.74, 6) is 2.65. The molecule has 3 heterocycles. The number of fused-ring (bicyclic) bond motifs is 1. The molecule has 136 valence electrons. The van der Waals surface area contributed by atoms with Crippen LogP contribution in [0.4, 0.5) is 0 Å². The van der Waals surface area contributed by atoms with Crippen LogP contribution in [0.1, 0.15) is 23.2 Å². The lowest BCUT2D eigenvalue weighted by Gasteiger charge is -2.21. The fourth-order valence-corrected chi connectivity index (χ4v) is 4.07. The first-order valence-electron chi connectivity index (χ1n) is 9.08. The second kappa shape index (κ2) is 7.64. The van der Waals surface area contributed by atoms with Gasteiger partial charge >= 0.3 is 0 Å². The molecule has 0 bridgehead atoms. The molecule has 0 unspecified atom stereocenters. The number of pyridine rings is 1. The number of hydrogen-bond donors (Lipinski definition) is 1. The third-order valence-corrected chi connectivity index (χ3v) is 5.66. The molecule has 6 heteroatoms. The monoisotopic (exact) mass is 371 g/mol. The van der Waals surface area contributed by atoms with Gasteiger partial charge in [-0.05, 0) is 68.1 Å². The van der Waals surface area contributed by atoms with Crippen molar-refractivity contribution in [1.29, 1.82) is 0 Å². The normalized spacial score (nSPS) is 22.6. The van der Waals surface area contributed by atoms with Crippen LogP contribution >= 0.6 is 11.6 Å². The number of likely N-dealkylation sites (tertiary alicyclic amines) is 1. The van der Waals surface area contributed by atoms with E-state index in [0.29, 0.717) is 33.9 Å². The maximum atomic E-state index is 12.9. The van der Waals surface area contributed by atoms with Gasteiger partial charge in [0.05, 0.1) is 5.02 Å². The minimum absolute atomic E-state index is 0.0512. The average molecular weight is 372 g/mol. The number of benzene rings is 1. The second-order valence-electron chi connectivity index (χ2n) is 6.98. The third kappa shape index (κ3) is 3.69. The van der Waals surface area contributed by atoms with Gasteiger partial charge in [0.2, 0.25) is 0 Å². The van der Waals surface area contributed by atoms with E-state index in [1.807, 2.05) is 4.90 Å². The zero-order chi connectivity index (χ0) is 17.9. The molecule has 2 aliphatic rings. The zero-order valence-corrected chi connectivity index (χ0v) is 15.3. The Morgan fingerprint density at radius 3 is 2.46 bits per heavy atom. The molecular formula is C20H22ClN3O2. The van der Waals surface area contributed by atoms with Crippen molar-refractivity contribution in [2.45, 2.75) is 12.8 Å². The second-order valence-corrected chi connectivity index (χ2v) is 7.39. The van der Waals surface area contributed by atoms with Crippen molar-refractivity contribution in [1.82, 2.24) is 15.2 Å². The predicted octanol–water partition coefficient (Wildman–Crippen LogP) is 3.60. The number of ether oxygens (including phenoxy) is 1. The Morgan fingerprint density at radius 2 is 1.81 bits per heavy atom. The molecule has 0 spiro atoms. The van der Waals surface area contributed by atoms with E-state index in [9.17, 15) is 4.79 Å². The molecule has 0 radical (unpaired) electrons. The van der Waals surface area contributed by atoms with Crippen molar-refractivity contribution in [2.75, 3.05) is 26.2 Å². The highest BCUT2D eigenvalue weighted by Crippen LogP contribution is 2.31. The smallest absolute Gasteiger partial charge is 0.253 e. The van der Waals surface area contributed by atoms with Gasteiger partial charge in [-0.2, -0.15) is 0 Å². The summed E-state index contributed by atoms with van der Waals surface area (Å²) in [6, 6.07) is 8.77. The number of nitrogens with one attached hydrogen (secondary N) is 1. The van der Waals surface area contributed by atoms with E-state index in [-0.39, 0.29) is 5.91 Å². The van der Waals surface area contributed by atoms with Crippen LogP contribution in [0.3, 0.4) is 0 Å². The molecule has 1 aromatic heterocycles. The van der Waals surface area contributed by atoms with Crippen LogP contribution in [0.25, 0.3) is 0 Å². The third-order valence-electron chi connectivity index (χ3n) is 5.36. The molecule has 1 aromatic carbocycles. The van der Waals surface area contributed by atoms with Crippen molar-refractivity contribution in [2.24, 2.45) is 11.8 Å². The van der Waals surface area contributed by atoms with Crippen molar-refractivity contribution >= 4 is 17.5 Å². The molecule has 1 amide bonds. The number of nitrogens with zero attached hydrogens (tertiary/aromatic N) is 2. The largest absolute Gasteiger partial charge is 0.456 e. The number of rotatable bonds is 3. The quantitative estimate of drug-likeness (QED) is 0.895. The molecular weight excluding hydrogens is 350 g/mol. The molecule has 1 N–H and O–H groups in total. The zero-order valence-electron chi connectivity index (χ0n) is 14.5. The summed E-state index contributed by atoms with van der Waals surface area (Å²) in [7, 11) is 0. The highest BCUT2D eigenvalue weighted by Gasteiger charge is 2.31. The summed E-state index contributed by atoms with van der Waals surface area (Å²) in [5.41, 5.74) is 0.613. The Morgan fingerprint density at radius 1 is 1.12 bits per heavy atom. The van der Waals surface area contributed by atoms with E-state index in [2.05, 4.69) is 10.3 Å². The first kappa shape index (κ1) is 17.3. The Kier molecular flexibility index (Phi) is 5.09. The van der Waals surface area contributed by atoms with E-state index in [1.165, 1.54) is 0 Å². The first-order valence-corrected chi connectivity index (χ1v) is 9.46. The van der Waals surface area contributed by atoms with Crippen LogP contribution in [0.15, 0.2) is 42.7 Å². The maximum absolute atomic E-state index is 12.9. The summed E-state index contributed by atoms with van der Waals surface area (Å²) in [5, 5.41) is 3.90. The van der Waals surface area contributed by atoms with Gasteiger partial charge in [0.15, 0.2) is 0 Å². The number of carbonyl (C=O) groups is 1. The van der Waals surface area contributed by atoms with Crippen LogP contribution in [-0.4, -0.2) is 42.0 Å². The van der Waals surface area contributed by atoms with Crippen LogP contribution in [-0.2, 0) is 0 Å². The van der Waals surface area contributed by atoms with E-state index < -0.39 is 0 Å². The SMILES string of the molecule is O=C(c1ccc(Oc2ccncc2)c(Cl)c1)N1CC[C@@H]2CNC[C@@H]2CC1. The first-order chi connectivity index (χ1) is 12.7. The van der Waals surface area contributed by atoms with E-state index in [4.69, 9.17) is 16.3 Å². The van der Waals surface area contributed by atoms with Gasteiger partial charge in [-0.15, -0.1) is 0 Å². The van der Waals surface area contributed by atoms with Crippen molar-refractivity contribution in [3.8, 4) is 11.5 Å². The fraction of sp³-hybridized carbons (Fsp3) is 0.400. The Hall–Kier alpha value is -2.11. The molecule has 0 aliphatic carbocycles. The van der Waals surface area contributed by atoms with Crippen LogP contribution in [0, 0.1) is 11.8 Å². The molecule has 0 saturated carbocycles. The number of amides is 1. The van der Waals surface area contributed by atoms with Gasteiger partial charge in [-0.3, -0.25) is 9.78 Å². The van der Waals surface area contributed by atoms with Gasteiger partial charge in [0.25, 0.3) is 5.91 Å². The van der Waals surface area contributed by atoms with Gasteiger partial charge in [0.1, 0.15) is 11.5 Å². The molecule has 2 aromatic rings. The number of carbonyl (C=O) groups excluding carboxylic acids is 1. The van der Waals surface area contributed by atoms with Crippen LogP contribution < -0.4 is 10.1 Å². The molecule has 2 aliphatic heterocycles. The Balaban J connectivity index is 1.45. The molecule has 4 rings (SSSR count). The van der Waals surface area contributed by atoms with Gasteiger partial charge in [0, 0.05) is 31.0 Å². The van der Waals surface area contributed by atoms with Crippen molar-refractivity contribution in [3.05, 3.63) is 53.3 Å². The highest BCUT2D eigenvalue weighted by molar-refractivity contribution is 6.32. The molecule has 2 atom stereocenters. The molecule has 5 nitrogen and oxygen atoms in total. The minimum atomic E-state index is 0.0512. The average Bonchev–Trinajstić information content (AvgIpc) is 3.02. The molecule has 2 saturated heterocycles. The highest BCUT2D eigenvalue weighted by atomic mass is 35.5. The van der Waals surface area contributed by atoms with E-state index >= 15 is 0 Å². The van der Waals surface area contributed by atoms with E-state index in [1.54, 1.807) is 42.7 Å². The Bertz CT molecular complexity index is 770. The summed E-state index contributed by atoms with van der Waals surface area (Å²) in [6.07, 6.45) is 5.46. The van der Waals surface area contributed by atoms with Gasteiger partial charge < -0.3 is 15.0 Å². The summed E-state index contributed by atoms with van der Waals surface area (Å²) in [6.45, 7) is 3.79. The van der Waals surface area contributed by atoms with Gasteiger partial charge in [-0.1, -0.05) is 11.6 Å². The van der Waals surface area contributed by atoms with Crippen LogP contribution in [0.5, 0.6) is 11.5 Å². The summed E-state index contributed by atoms with van der Waals surface area (Å²) >= 11 is 6.35.